The lowest BCUT2D eigenvalue weighted by molar-refractivity contribution is -0.113. The summed E-state index contributed by atoms with van der Waals surface area (Å²) in [7, 11) is 0. The van der Waals surface area contributed by atoms with Crippen molar-refractivity contribution < 1.29 is 14.3 Å². The largest absolute Gasteiger partial charge is 0.396 e. The number of carbonyl (C=O) groups excluding carboxylic acids is 1. The van der Waals surface area contributed by atoms with Crippen LogP contribution in [0.4, 0.5) is 10.1 Å². The normalized spacial score (nSPS) is 10.7. The first-order valence-electron chi connectivity index (χ1n) is 6.99. The van der Waals surface area contributed by atoms with Crippen molar-refractivity contribution in [3.8, 4) is 0 Å². The Balaban J connectivity index is 2.00. The number of aromatic amines is 1. The van der Waals surface area contributed by atoms with Crippen LogP contribution in [0.3, 0.4) is 0 Å². The predicted octanol–water partition coefficient (Wildman–Crippen LogP) is 2.14. The summed E-state index contributed by atoms with van der Waals surface area (Å²) < 4.78 is 13.6. The van der Waals surface area contributed by atoms with E-state index >= 15 is 0 Å². The van der Waals surface area contributed by atoms with Gasteiger partial charge in [-0.1, -0.05) is 23.4 Å². The Morgan fingerprint density at radius 2 is 2.25 bits per heavy atom. The maximum absolute atomic E-state index is 13.6. The van der Waals surface area contributed by atoms with E-state index in [1.165, 1.54) is 12.1 Å². The minimum Gasteiger partial charge on any atom is -0.396 e. The number of halogens is 2. The van der Waals surface area contributed by atoms with Gasteiger partial charge in [-0.05, 0) is 25.1 Å². The number of aryl methyl sites for hydroxylation is 1. The molecular weight excluding hydrogens is 357 g/mol. The smallest absolute Gasteiger partial charge is 0.255 e. The predicted molar refractivity (Wildman–Crippen MR) is 91.1 cm³/mol. The minimum atomic E-state index is -0.628. The molecule has 0 aliphatic rings. The standard InChI is InChI=1S/C15H15ClFN3O3S/c1-8-10(4-5-21)14(23)20-15(18-8)24-7-13(22)19-12-3-2-9(16)6-11(12)17/h2-3,6,21H,4-5,7H2,1H3,(H,19,22)(H,18,20,23). The van der Waals surface area contributed by atoms with E-state index in [1.54, 1.807) is 6.92 Å². The third-order valence-electron chi connectivity index (χ3n) is 3.11. The molecule has 6 nitrogen and oxygen atoms in total. The number of amides is 1. The van der Waals surface area contributed by atoms with Crippen LogP contribution in [-0.2, 0) is 11.2 Å². The Labute approximate surface area is 146 Å². The van der Waals surface area contributed by atoms with E-state index < -0.39 is 11.7 Å². The summed E-state index contributed by atoms with van der Waals surface area (Å²) in [5.74, 6) is -1.12. The minimum absolute atomic E-state index is 0.0286. The first-order valence-corrected chi connectivity index (χ1v) is 8.35. The lowest BCUT2D eigenvalue weighted by atomic mass is 10.2. The molecule has 1 aromatic carbocycles. The van der Waals surface area contributed by atoms with Crippen LogP contribution >= 0.6 is 23.4 Å². The Bertz CT molecular complexity index is 813. The summed E-state index contributed by atoms with van der Waals surface area (Å²) in [5.41, 5.74) is 0.595. The monoisotopic (exact) mass is 371 g/mol. The third-order valence-corrected chi connectivity index (χ3v) is 4.22. The molecule has 128 valence electrons. The van der Waals surface area contributed by atoms with E-state index in [1.807, 2.05) is 0 Å². The number of thioether (sulfide) groups is 1. The van der Waals surface area contributed by atoms with Gasteiger partial charge in [-0.15, -0.1) is 0 Å². The molecule has 0 fully saturated rings. The van der Waals surface area contributed by atoms with Gasteiger partial charge in [0.2, 0.25) is 5.91 Å². The van der Waals surface area contributed by atoms with Gasteiger partial charge < -0.3 is 15.4 Å². The van der Waals surface area contributed by atoms with E-state index in [0.717, 1.165) is 17.8 Å². The summed E-state index contributed by atoms with van der Waals surface area (Å²) >= 11 is 6.67. The number of anilines is 1. The van der Waals surface area contributed by atoms with Gasteiger partial charge in [0, 0.05) is 29.3 Å². The Morgan fingerprint density at radius 1 is 1.50 bits per heavy atom. The summed E-state index contributed by atoms with van der Waals surface area (Å²) in [6.45, 7) is 1.51. The third kappa shape index (κ3) is 4.80. The number of aliphatic hydroxyl groups excluding tert-OH is 1. The summed E-state index contributed by atoms with van der Waals surface area (Å²) in [4.78, 5) is 30.5. The molecule has 24 heavy (non-hydrogen) atoms. The first-order chi connectivity index (χ1) is 11.4. The van der Waals surface area contributed by atoms with E-state index in [0.29, 0.717) is 11.3 Å². The zero-order chi connectivity index (χ0) is 17.7. The highest BCUT2D eigenvalue weighted by Gasteiger charge is 2.11. The molecule has 0 saturated heterocycles. The summed E-state index contributed by atoms with van der Waals surface area (Å²) in [6, 6.07) is 3.94. The van der Waals surface area contributed by atoms with Crippen LogP contribution in [-0.4, -0.2) is 33.3 Å². The van der Waals surface area contributed by atoms with Gasteiger partial charge in [-0.2, -0.15) is 0 Å². The zero-order valence-electron chi connectivity index (χ0n) is 12.7. The van der Waals surface area contributed by atoms with Gasteiger partial charge in [-0.25, -0.2) is 9.37 Å². The van der Waals surface area contributed by atoms with Crippen molar-refractivity contribution in [1.82, 2.24) is 9.97 Å². The van der Waals surface area contributed by atoms with E-state index in [4.69, 9.17) is 16.7 Å². The van der Waals surface area contributed by atoms with Gasteiger partial charge in [0.1, 0.15) is 5.82 Å². The van der Waals surface area contributed by atoms with Crippen LogP contribution in [0.5, 0.6) is 0 Å². The second-order valence-electron chi connectivity index (χ2n) is 4.87. The number of benzene rings is 1. The molecule has 0 aliphatic carbocycles. The van der Waals surface area contributed by atoms with Crippen LogP contribution in [0.25, 0.3) is 0 Å². The molecule has 0 saturated carbocycles. The Kier molecular flexibility index (Phi) is 6.36. The molecule has 2 rings (SSSR count). The van der Waals surface area contributed by atoms with Crippen molar-refractivity contribution in [1.29, 1.82) is 0 Å². The number of rotatable bonds is 6. The van der Waals surface area contributed by atoms with Crippen LogP contribution in [0.1, 0.15) is 11.3 Å². The van der Waals surface area contributed by atoms with Crippen molar-refractivity contribution in [2.75, 3.05) is 17.7 Å². The molecule has 0 unspecified atom stereocenters. The number of aliphatic hydroxyl groups is 1. The molecule has 1 aromatic heterocycles. The second-order valence-corrected chi connectivity index (χ2v) is 6.27. The molecule has 1 heterocycles. The van der Waals surface area contributed by atoms with Crippen LogP contribution in [0, 0.1) is 12.7 Å². The van der Waals surface area contributed by atoms with E-state index in [2.05, 4.69) is 15.3 Å². The fraction of sp³-hybridized carbons (Fsp3) is 0.267. The van der Waals surface area contributed by atoms with Crippen molar-refractivity contribution in [2.24, 2.45) is 0 Å². The highest BCUT2D eigenvalue weighted by molar-refractivity contribution is 7.99. The zero-order valence-corrected chi connectivity index (χ0v) is 14.3. The Hall–Kier alpha value is -1.90. The number of nitrogens with zero attached hydrogens (tertiary/aromatic N) is 1. The maximum atomic E-state index is 13.6. The SMILES string of the molecule is Cc1nc(SCC(=O)Nc2ccc(Cl)cc2F)[nH]c(=O)c1CCO. The quantitative estimate of drug-likeness (QED) is 0.534. The molecule has 0 radical (unpaired) electrons. The van der Waals surface area contributed by atoms with Crippen molar-refractivity contribution >= 4 is 35.0 Å². The number of hydrogen-bond acceptors (Lipinski definition) is 5. The number of nitrogens with one attached hydrogen (secondary N) is 2. The molecular formula is C15H15ClFN3O3S. The number of carbonyl (C=O) groups is 1. The summed E-state index contributed by atoms with van der Waals surface area (Å²) in [6.07, 6.45) is 0.218. The molecule has 0 bridgehead atoms. The van der Waals surface area contributed by atoms with E-state index in [-0.39, 0.29) is 40.2 Å². The van der Waals surface area contributed by atoms with Gasteiger partial charge >= 0.3 is 0 Å². The molecule has 3 N–H and O–H groups in total. The lowest BCUT2D eigenvalue weighted by Crippen LogP contribution is -2.20. The van der Waals surface area contributed by atoms with Crippen molar-refractivity contribution in [3.05, 3.63) is 50.7 Å². The fourth-order valence-corrected chi connectivity index (χ4v) is 2.84. The Morgan fingerprint density at radius 3 is 2.88 bits per heavy atom. The fourth-order valence-electron chi connectivity index (χ4n) is 1.97. The molecule has 2 aromatic rings. The molecule has 0 spiro atoms. The number of H-pyrrole nitrogens is 1. The average Bonchev–Trinajstić information content (AvgIpc) is 2.51. The first kappa shape index (κ1) is 18.4. The van der Waals surface area contributed by atoms with E-state index in [9.17, 15) is 14.0 Å². The van der Waals surface area contributed by atoms with Crippen LogP contribution in [0.15, 0.2) is 28.2 Å². The van der Waals surface area contributed by atoms with Crippen molar-refractivity contribution in [2.45, 2.75) is 18.5 Å². The topological polar surface area (TPSA) is 95.1 Å². The van der Waals surface area contributed by atoms with Crippen LogP contribution in [0.2, 0.25) is 5.02 Å². The van der Waals surface area contributed by atoms with Gasteiger partial charge in [0.05, 0.1) is 11.4 Å². The van der Waals surface area contributed by atoms with Crippen LogP contribution < -0.4 is 10.9 Å². The second kappa shape index (κ2) is 8.27. The molecule has 9 heteroatoms. The highest BCUT2D eigenvalue weighted by Crippen LogP contribution is 2.20. The van der Waals surface area contributed by atoms with Crippen molar-refractivity contribution in [3.63, 3.8) is 0 Å². The van der Waals surface area contributed by atoms with Gasteiger partial charge in [0.25, 0.3) is 5.56 Å². The lowest BCUT2D eigenvalue weighted by Gasteiger charge is -2.08. The molecule has 0 atom stereocenters. The molecule has 1 amide bonds. The van der Waals surface area contributed by atoms with Gasteiger partial charge in [-0.3, -0.25) is 9.59 Å². The molecule has 0 aliphatic heterocycles. The maximum Gasteiger partial charge on any atom is 0.255 e. The van der Waals surface area contributed by atoms with Gasteiger partial charge in [0.15, 0.2) is 5.16 Å². The number of aromatic nitrogens is 2. The average molecular weight is 372 g/mol. The summed E-state index contributed by atoms with van der Waals surface area (Å²) in [5, 5.41) is 11.9. The highest BCUT2D eigenvalue weighted by atomic mass is 35.5. The number of hydrogen-bond donors (Lipinski definition) is 3.